The number of hydrogen-bond acceptors (Lipinski definition) is 5. The van der Waals surface area contributed by atoms with Gasteiger partial charge in [0.05, 0.1) is 27.4 Å². The second-order valence-corrected chi connectivity index (χ2v) is 4.51. The Morgan fingerprint density at radius 2 is 2.28 bits per heavy atom. The number of aliphatic hydroxyl groups excluding tert-OH is 1. The Labute approximate surface area is 110 Å². The monoisotopic (exact) mass is 312 g/mol. The molecular formula is C10H9BrN4O3. The van der Waals surface area contributed by atoms with Gasteiger partial charge in [-0.3, -0.25) is 10.1 Å². The Morgan fingerprint density at radius 1 is 1.56 bits per heavy atom. The molecule has 94 valence electrons. The summed E-state index contributed by atoms with van der Waals surface area (Å²) in [4.78, 5) is 10.3. The minimum Gasteiger partial charge on any atom is -0.387 e. The van der Waals surface area contributed by atoms with Crippen LogP contribution in [0.4, 0.5) is 5.69 Å². The van der Waals surface area contributed by atoms with E-state index in [1.165, 1.54) is 16.9 Å². The van der Waals surface area contributed by atoms with Crippen molar-refractivity contribution in [3.8, 4) is 5.69 Å². The molecule has 0 fully saturated rings. The highest BCUT2D eigenvalue weighted by molar-refractivity contribution is 9.10. The third-order valence-electron chi connectivity index (χ3n) is 2.33. The molecule has 2 aromatic rings. The molecule has 0 aliphatic heterocycles. The fourth-order valence-corrected chi connectivity index (χ4v) is 1.77. The fourth-order valence-electron chi connectivity index (χ4n) is 1.38. The van der Waals surface area contributed by atoms with Crippen LogP contribution in [0, 0.1) is 10.1 Å². The Morgan fingerprint density at radius 3 is 2.83 bits per heavy atom. The van der Waals surface area contributed by atoms with Crippen molar-refractivity contribution in [1.29, 1.82) is 0 Å². The van der Waals surface area contributed by atoms with Crippen LogP contribution in [0.5, 0.6) is 0 Å². The number of rotatable bonds is 3. The second kappa shape index (κ2) is 4.83. The maximum atomic E-state index is 10.8. The highest BCUT2D eigenvalue weighted by Crippen LogP contribution is 2.27. The molecule has 0 saturated heterocycles. The molecule has 8 heteroatoms. The average molecular weight is 313 g/mol. The van der Waals surface area contributed by atoms with Gasteiger partial charge in [0.2, 0.25) is 0 Å². The smallest absolute Gasteiger partial charge is 0.285 e. The first-order chi connectivity index (χ1) is 8.49. The van der Waals surface area contributed by atoms with Crippen LogP contribution < -0.4 is 0 Å². The number of nitrogens with zero attached hydrogens (tertiary/aromatic N) is 4. The van der Waals surface area contributed by atoms with Crippen LogP contribution in [0.2, 0.25) is 0 Å². The van der Waals surface area contributed by atoms with Crippen molar-refractivity contribution < 1.29 is 10.0 Å². The normalized spacial score (nSPS) is 12.4. The van der Waals surface area contributed by atoms with Crippen LogP contribution in [0.15, 0.2) is 28.9 Å². The molecule has 1 unspecified atom stereocenters. The predicted octanol–water partition coefficient (Wildman–Crippen LogP) is 1.99. The molecular weight excluding hydrogens is 304 g/mol. The van der Waals surface area contributed by atoms with E-state index in [9.17, 15) is 15.2 Å². The van der Waals surface area contributed by atoms with Gasteiger partial charge in [-0.1, -0.05) is 5.21 Å². The molecule has 0 spiro atoms. The van der Waals surface area contributed by atoms with Crippen LogP contribution in [0.25, 0.3) is 5.69 Å². The Kier molecular flexibility index (Phi) is 3.39. The van der Waals surface area contributed by atoms with Crippen molar-refractivity contribution in [3.63, 3.8) is 0 Å². The number of aliphatic hydroxyl groups is 1. The Bertz CT molecular complexity index is 597. The molecule has 7 nitrogen and oxygen atoms in total. The molecule has 2 rings (SSSR count). The van der Waals surface area contributed by atoms with Crippen LogP contribution in [0.3, 0.4) is 0 Å². The van der Waals surface area contributed by atoms with Crippen molar-refractivity contribution in [2.24, 2.45) is 0 Å². The first-order valence-electron chi connectivity index (χ1n) is 5.03. The van der Waals surface area contributed by atoms with E-state index in [4.69, 9.17) is 0 Å². The summed E-state index contributed by atoms with van der Waals surface area (Å²) >= 11 is 3.11. The molecule has 0 aliphatic carbocycles. The van der Waals surface area contributed by atoms with E-state index in [1.54, 1.807) is 19.1 Å². The van der Waals surface area contributed by atoms with Crippen LogP contribution in [-0.2, 0) is 0 Å². The van der Waals surface area contributed by atoms with Gasteiger partial charge in [-0.05, 0) is 35.0 Å². The lowest BCUT2D eigenvalue weighted by Gasteiger charge is -2.01. The molecule has 0 radical (unpaired) electrons. The summed E-state index contributed by atoms with van der Waals surface area (Å²) in [5.41, 5.74) is 0.853. The van der Waals surface area contributed by atoms with E-state index in [1.807, 2.05) is 0 Å². The summed E-state index contributed by atoms with van der Waals surface area (Å²) in [5, 5.41) is 27.7. The maximum absolute atomic E-state index is 10.8. The molecule has 1 aromatic carbocycles. The standard InChI is InChI=1S/C10H9BrN4O3/c1-6(16)9-5-14(13-12-9)7-2-3-8(11)10(4-7)15(17)18/h2-6,16H,1H3. The minimum atomic E-state index is -0.732. The van der Waals surface area contributed by atoms with Gasteiger partial charge in [0.15, 0.2) is 0 Å². The summed E-state index contributed by atoms with van der Waals surface area (Å²) < 4.78 is 1.77. The largest absolute Gasteiger partial charge is 0.387 e. The highest BCUT2D eigenvalue weighted by atomic mass is 79.9. The lowest BCUT2D eigenvalue weighted by molar-refractivity contribution is -0.385. The van der Waals surface area contributed by atoms with E-state index in [2.05, 4.69) is 26.2 Å². The van der Waals surface area contributed by atoms with Gasteiger partial charge in [-0.15, -0.1) is 5.10 Å². The van der Waals surface area contributed by atoms with Gasteiger partial charge < -0.3 is 5.11 Å². The number of aromatic nitrogens is 3. The van der Waals surface area contributed by atoms with Crippen molar-refractivity contribution in [3.05, 3.63) is 44.7 Å². The van der Waals surface area contributed by atoms with Gasteiger partial charge in [-0.2, -0.15) is 0 Å². The molecule has 1 atom stereocenters. The van der Waals surface area contributed by atoms with Crippen LogP contribution in [0.1, 0.15) is 18.7 Å². The van der Waals surface area contributed by atoms with Crippen molar-refractivity contribution in [1.82, 2.24) is 15.0 Å². The second-order valence-electron chi connectivity index (χ2n) is 3.66. The summed E-state index contributed by atoms with van der Waals surface area (Å²) in [7, 11) is 0. The van der Waals surface area contributed by atoms with Crippen molar-refractivity contribution in [2.45, 2.75) is 13.0 Å². The van der Waals surface area contributed by atoms with Gasteiger partial charge in [0.25, 0.3) is 5.69 Å². The summed E-state index contributed by atoms with van der Waals surface area (Å²) in [6.07, 6.45) is 0.793. The third kappa shape index (κ3) is 2.39. The Balaban J connectivity index is 2.44. The maximum Gasteiger partial charge on any atom is 0.285 e. The molecule has 1 aromatic heterocycles. The summed E-state index contributed by atoms with van der Waals surface area (Å²) in [6, 6.07) is 4.61. The predicted molar refractivity (Wildman–Crippen MR) is 66.3 cm³/mol. The lowest BCUT2D eigenvalue weighted by Crippen LogP contribution is -1.97. The molecule has 0 bridgehead atoms. The highest BCUT2D eigenvalue weighted by Gasteiger charge is 2.14. The number of nitro benzene ring substituents is 1. The van der Waals surface area contributed by atoms with Gasteiger partial charge >= 0.3 is 0 Å². The van der Waals surface area contributed by atoms with E-state index in [-0.39, 0.29) is 5.69 Å². The molecule has 18 heavy (non-hydrogen) atoms. The zero-order chi connectivity index (χ0) is 13.3. The fraction of sp³-hybridized carbons (Fsp3) is 0.200. The van der Waals surface area contributed by atoms with Gasteiger partial charge in [0.1, 0.15) is 5.69 Å². The van der Waals surface area contributed by atoms with Crippen molar-refractivity contribution >= 4 is 21.6 Å². The van der Waals surface area contributed by atoms with Crippen LogP contribution in [-0.4, -0.2) is 25.0 Å². The summed E-state index contributed by atoms with van der Waals surface area (Å²) in [6.45, 7) is 1.57. The van der Waals surface area contributed by atoms with Gasteiger partial charge in [-0.25, -0.2) is 4.68 Å². The molecule has 0 saturated carbocycles. The number of hydrogen-bond donors (Lipinski definition) is 1. The SMILES string of the molecule is CC(O)c1cn(-c2ccc(Br)c([N+](=O)[O-])c2)nn1. The third-order valence-corrected chi connectivity index (χ3v) is 3.00. The quantitative estimate of drug-likeness (QED) is 0.691. The zero-order valence-corrected chi connectivity index (χ0v) is 10.9. The first-order valence-corrected chi connectivity index (χ1v) is 5.83. The molecule has 1 N–H and O–H groups in total. The lowest BCUT2D eigenvalue weighted by atomic mass is 10.3. The number of halogens is 1. The number of benzene rings is 1. The van der Waals surface area contributed by atoms with Gasteiger partial charge in [0, 0.05) is 6.07 Å². The topological polar surface area (TPSA) is 94.1 Å². The van der Waals surface area contributed by atoms with Crippen molar-refractivity contribution in [2.75, 3.05) is 0 Å². The van der Waals surface area contributed by atoms with E-state index in [0.29, 0.717) is 15.9 Å². The first kappa shape index (κ1) is 12.7. The van der Waals surface area contributed by atoms with E-state index < -0.39 is 11.0 Å². The molecule has 1 heterocycles. The van der Waals surface area contributed by atoms with Crippen LogP contribution >= 0.6 is 15.9 Å². The minimum absolute atomic E-state index is 0.0541. The number of nitro groups is 1. The molecule has 0 aliphatic rings. The summed E-state index contributed by atoms with van der Waals surface area (Å²) in [5.74, 6) is 0. The van der Waals surface area contributed by atoms with E-state index in [0.717, 1.165) is 0 Å². The average Bonchev–Trinajstić information content (AvgIpc) is 2.78. The van der Waals surface area contributed by atoms with E-state index >= 15 is 0 Å². The molecule has 0 amide bonds. The zero-order valence-electron chi connectivity index (χ0n) is 9.32. The Hall–Kier alpha value is -1.80.